The van der Waals surface area contributed by atoms with Crippen molar-refractivity contribution in [2.24, 2.45) is 0 Å². The molecule has 8 nitrogen and oxygen atoms in total. The van der Waals surface area contributed by atoms with Crippen molar-refractivity contribution in [3.05, 3.63) is 39.9 Å². The van der Waals surface area contributed by atoms with Crippen LogP contribution in [0.4, 0.5) is 10.5 Å². The fraction of sp³-hybridized carbons (Fsp3) is 0.467. The number of nitro benzene ring substituents is 1. The highest BCUT2D eigenvalue weighted by Crippen LogP contribution is 2.23. The van der Waals surface area contributed by atoms with Gasteiger partial charge in [0, 0.05) is 12.1 Å². The Balaban J connectivity index is 3.00. The van der Waals surface area contributed by atoms with E-state index in [0.29, 0.717) is 5.56 Å². The Morgan fingerprint density at radius 1 is 1.35 bits per heavy atom. The number of nitro groups is 1. The summed E-state index contributed by atoms with van der Waals surface area (Å²) in [6, 6.07) is 4.89. The quantitative estimate of drug-likeness (QED) is 0.507. The van der Waals surface area contributed by atoms with Gasteiger partial charge in [0.25, 0.3) is 5.69 Å². The Morgan fingerprint density at radius 2 is 2.00 bits per heavy atom. The number of amides is 1. The summed E-state index contributed by atoms with van der Waals surface area (Å²) in [6.07, 6.45) is -0.894. The van der Waals surface area contributed by atoms with Crippen LogP contribution < -0.4 is 5.32 Å². The second-order valence-electron chi connectivity index (χ2n) is 5.83. The number of hydrogen-bond acceptors (Lipinski definition) is 6. The van der Waals surface area contributed by atoms with Crippen LogP contribution in [-0.4, -0.2) is 29.7 Å². The van der Waals surface area contributed by atoms with E-state index in [2.05, 4.69) is 10.1 Å². The van der Waals surface area contributed by atoms with Crippen LogP contribution in [0.3, 0.4) is 0 Å². The lowest BCUT2D eigenvalue weighted by atomic mass is 10.0. The summed E-state index contributed by atoms with van der Waals surface area (Å²) in [7, 11) is 1.22. The molecular weight excluding hydrogens is 304 g/mol. The fourth-order valence-corrected chi connectivity index (χ4v) is 1.81. The van der Waals surface area contributed by atoms with E-state index >= 15 is 0 Å². The Bertz CT molecular complexity index is 594. The second-order valence-corrected chi connectivity index (χ2v) is 5.83. The number of rotatable bonds is 5. The minimum atomic E-state index is -0.794. The number of nitrogens with one attached hydrogen (secondary N) is 1. The summed E-state index contributed by atoms with van der Waals surface area (Å²) in [5.74, 6) is -0.558. The smallest absolute Gasteiger partial charge is 0.408 e. The van der Waals surface area contributed by atoms with E-state index in [4.69, 9.17) is 4.74 Å². The molecule has 1 rings (SSSR count). The van der Waals surface area contributed by atoms with Crippen molar-refractivity contribution < 1.29 is 24.0 Å². The molecule has 1 aromatic carbocycles. The van der Waals surface area contributed by atoms with E-state index < -0.39 is 28.6 Å². The Morgan fingerprint density at radius 3 is 2.52 bits per heavy atom. The van der Waals surface area contributed by atoms with Gasteiger partial charge >= 0.3 is 12.1 Å². The van der Waals surface area contributed by atoms with Crippen molar-refractivity contribution in [2.75, 3.05) is 7.11 Å². The second kappa shape index (κ2) is 7.57. The van der Waals surface area contributed by atoms with Gasteiger partial charge < -0.3 is 14.8 Å². The molecule has 0 aliphatic heterocycles. The van der Waals surface area contributed by atoms with Crippen LogP contribution in [-0.2, 0) is 14.3 Å². The molecule has 1 N–H and O–H groups in total. The fourth-order valence-electron chi connectivity index (χ4n) is 1.81. The number of hydrogen-bond donors (Lipinski definition) is 1. The predicted octanol–water partition coefficient (Wildman–Crippen LogP) is 2.72. The van der Waals surface area contributed by atoms with E-state index in [1.165, 1.54) is 25.3 Å². The molecule has 0 heterocycles. The van der Waals surface area contributed by atoms with Crippen LogP contribution in [0.25, 0.3) is 0 Å². The number of carbonyl (C=O) groups is 2. The van der Waals surface area contributed by atoms with Gasteiger partial charge in [-0.15, -0.1) is 0 Å². The first-order valence-corrected chi connectivity index (χ1v) is 6.93. The largest absolute Gasteiger partial charge is 0.469 e. The van der Waals surface area contributed by atoms with Gasteiger partial charge in [-0.2, -0.15) is 0 Å². The summed E-state index contributed by atoms with van der Waals surface area (Å²) < 4.78 is 9.74. The van der Waals surface area contributed by atoms with Gasteiger partial charge in [0.05, 0.1) is 24.5 Å². The molecule has 0 saturated carbocycles. The molecule has 126 valence electrons. The van der Waals surface area contributed by atoms with Gasteiger partial charge in [0.15, 0.2) is 0 Å². The normalized spacial score (nSPS) is 12.2. The third-order valence-electron chi connectivity index (χ3n) is 2.77. The first-order chi connectivity index (χ1) is 10.6. The SMILES string of the molecule is COC(=O)CC(NC(=O)OC(C)(C)C)c1cccc([N+](=O)[O-])c1. The van der Waals surface area contributed by atoms with Crippen molar-refractivity contribution in [2.45, 2.75) is 38.8 Å². The van der Waals surface area contributed by atoms with Crippen molar-refractivity contribution in [1.82, 2.24) is 5.32 Å². The number of carbonyl (C=O) groups excluding carboxylic acids is 2. The highest BCUT2D eigenvalue weighted by Gasteiger charge is 2.24. The minimum absolute atomic E-state index is 0.136. The Hall–Kier alpha value is -2.64. The molecule has 0 spiro atoms. The zero-order chi connectivity index (χ0) is 17.6. The van der Waals surface area contributed by atoms with Crippen LogP contribution in [0.15, 0.2) is 24.3 Å². The average Bonchev–Trinajstić information content (AvgIpc) is 2.44. The molecule has 0 saturated heterocycles. The monoisotopic (exact) mass is 324 g/mol. The predicted molar refractivity (Wildman–Crippen MR) is 81.8 cm³/mol. The van der Waals surface area contributed by atoms with Crippen LogP contribution in [0.1, 0.15) is 38.8 Å². The van der Waals surface area contributed by atoms with Gasteiger partial charge in [-0.25, -0.2) is 4.79 Å². The molecule has 1 unspecified atom stereocenters. The first-order valence-electron chi connectivity index (χ1n) is 6.93. The molecule has 0 aliphatic carbocycles. The summed E-state index contributed by atoms with van der Waals surface area (Å²) in [5.41, 5.74) is -0.429. The highest BCUT2D eigenvalue weighted by atomic mass is 16.6. The molecule has 23 heavy (non-hydrogen) atoms. The van der Waals surface area contributed by atoms with E-state index in [1.54, 1.807) is 26.8 Å². The summed E-state index contributed by atoms with van der Waals surface area (Å²) in [5, 5.41) is 13.4. The third kappa shape index (κ3) is 6.33. The molecule has 8 heteroatoms. The lowest BCUT2D eigenvalue weighted by molar-refractivity contribution is -0.384. The number of nitrogens with zero attached hydrogens (tertiary/aromatic N) is 1. The number of alkyl carbamates (subject to hydrolysis) is 1. The summed E-state index contributed by atoms with van der Waals surface area (Å²) in [6.45, 7) is 5.11. The standard InChI is InChI=1S/C15H20N2O6/c1-15(2,3)23-14(19)16-12(9-13(18)22-4)10-6-5-7-11(8-10)17(20)21/h5-8,12H,9H2,1-4H3,(H,16,19). The molecule has 0 fully saturated rings. The van der Waals surface area contributed by atoms with Crippen LogP contribution in [0, 0.1) is 10.1 Å². The maximum absolute atomic E-state index is 11.9. The van der Waals surface area contributed by atoms with E-state index in [9.17, 15) is 19.7 Å². The molecule has 1 amide bonds. The van der Waals surface area contributed by atoms with Gasteiger partial charge in [-0.05, 0) is 26.3 Å². The number of non-ortho nitro benzene ring substituents is 1. The lowest BCUT2D eigenvalue weighted by Crippen LogP contribution is -2.36. The van der Waals surface area contributed by atoms with Crippen LogP contribution in [0.5, 0.6) is 0 Å². The van der Waals surface area contributed by atoms with E-state index in [1.807, 2.05) is 0 Å². The first kappa shape index (κ1) is 18.4. The third-order valence-corrected chi connectivity index (χ3v) is 2.77. The van der Waals surface area contributed by atoms with Crippen LogP contribution >= 0.6 is 0 Å². The molecule has 0 aliphatic rings. The van der Waals surface area contributed by atoms with Gasteiger partial charge in [-0.3, -0.25) is 14.9 Å². The molecular formula is C15H20N2O6. The van der Waals surface area contributed by atoms with Gasteiger partial charge in [-0.1, -0.05) is 12.1 Å². The number of esters is 1. The van der Waals surface area contributed by atoms with Gasteiger partial charge in [0.1, 0.15) is 5.60 Å². The molecule has 1 aromatic rings. The Labute approximate surface area is 133 Å². The van der Waals surface area contributed by atoms with Crippen molar-refractivity contribution in [1.29, 1.82) is 0 Å². The average molecular weight is 324 g/mol. The summed E-state index contributed by atoms with van der Waals surface area (Å²) in [4.78, 5) is 33.8. The molecule has 0 bridgehead atoms. The van der Waals surface area contributed by atoms with E-state index in [0.717, 1.165) is 0 Å². The topological polar surface area (TPSA) is 108 Å². The van der Waals surface area contributed by atoms with Crippen molar-refractivity contribution in [3.63, 3.8) is 0 Å². The number of benzene rings is 1. The Kier molecular flexibility index (Phi) is 6.06. The highest BCUT2D eigenvalue weighted by molar-refractivity contribution is 5.73. The van der Waals surface area contributed by atoms with Crippen LogP contribution in [0.2, 0.25) is 0 Å². The van der Waals surface area contributed by atoms with Crippen molar-refractivity contribution in [3.8, 4) is 0 Å². The number of ether oxygens (including phenoxy) is 2. The van der Waals surface area contributed by atoms with E-state index in [-0.39, 0.29) is 12.1 Å². The van der Waals surface area contributed by atoms with Crippen molar-refractivity contribution >= 4 is 17.7 Å². The minimum Gasteiger partial charge on any atom is -0.469 e. The zero-order valence-electron chi connectivity index (χ0n) is 13.5. The molecule has 1 atom stereocenters. The lowest BCUT2D eigenvalue weighted by Gasteiger charge is -2.23. The maximum atomic E-state index is 11.9. The van der Waals surface area contributed by atoms with Gasteiger partial charge in [0.2, 0.25) is 0 Å². The summed E-state index contributed by atoms with van der Waals surface area (Å²) >= 11 is 0. The number of methoxy groups -OCH3 is 1. The zero-order valence-corrected chi connectivity index (χ0v) is 13.5. The molecule has 0 aromatic heterocycles. The molecule has 0 radical (unpaired) electrons. The maximum Gasteiger partial charge on any atom is 0.408 e.